The number of rotatable bonds is 4. The minimum atomic E-state index is -3.77. The Kier molecular flexibility index (Phi) is 4.38. The van der Waals surface area contributed by atoms with Gasteiger partial charge in [-0.25, -0.2) is 8.42 Å². The first-order valence-corrected chi connectivity index (χ1v) is 8.04. The third-order valence-electron chi connectivity index (χ3n) is 3.32. The Morgan fingerprint density at radius 1 is 1.09 bits per heavy atom. The van der Waals surface area contributed by atoms with Crippen LogP contribution >= 0.6 is 0 Å². The summed E-state index contributed by atoms with van der Waals surface area (Å²) >= 11 is 0. The molecule has 2 aromatic rings. The van der Waals surface area contributed by atoms with Gasteiger partial charge in [-0.05, 0) is 38.1 Å². The van der Waals surface area contributed by atoms with E-state index in [1.54, 1.807) is 25.1 Å². The molecule has 0 atom stereocenters. The number of hydrogen-bond acceptors (Lipinski definition) is 4. The van der Waals surface area contributed by atoms with E-state index in [1.807, 2.05) is 13.0 Å². The molecule has 0 aliphatic carbocycles. The van der Waals surface area contributed by atoms with Crippen molar-refractivity contribution in [2.45, 2.75) is 18.7 Å². The van der Waals surface area contributed by atoms with Gasteiger partial charge in [0.25, 0.3) is 10.0 Å². The second-order valence-corrected chi connectivity index (χ2v) is 6.53. The maximum Gasteiger partial charge on any atom is 0.261 e. The topological polar surface area (TPSA) is 79.2 Å². The molecular formula is C16H16N2O3S. The van der Waals surface area contributed by atoms with Crippen LogP contribution in [0.4, 0.5) is 5.69 Å². The number of nitriles is 1. The van der Waals surface area contributed by atoms with Crippen molar-refractivity contribution in [3.63, 3.8) is 0 Å². The fourth-order valence-corrected chi connectivity index (χ4v) is 3.19. The maximum absolute atomic E-state index is 12.5. The summed E-state index contributed by atoms with van der Waals surface area (Å²) in [5.74, 6) is 0.514. The summed E-state index contributed by atoms with van der Waals surface area (Å²) in [5.41, 5.74) is 2.02. The van der Waals surface area contributed by atoms with Gasteiger partial charge in [0.1, 0.15) is 11.8 Å². The van der Waals surface area contributed by atoms with Crippen LogP contribution in [0.2, 0.25) is 0 Å². The van der Waals surface area contributed by atoms with Crippen molar-refractivity contribution in [1.82, 2.24) is 0 Å². The summed E-state index contributed by atoms with van der Waals surface area (Å²) in [7, 11) is -2.27. The van der Waals surface area contributed by atoms with Gasteiger partial charge in [-0.2, -0.15) is 5.26 Å². The molecule has 0 aromatic heterocycles. The summed E-state index contributed by atoms with van der Waals surface area (Å²) in [6, 6.07) is 11.6. The third kappa shape index (κ3) is 3.05. The molecule has 0 unspecified atom stereocenters. The Morgan fingerprint density at radius 2 is 1.73 bits per heavy atom. The van der Waals surface area contributed by atoms with Crippen molar-refractivity contribution in [1.29, 1.82) is 5.26 Å². The van der Waals surface area contributed by atoms with Gasteiger partial charge in [0.05, 0.1) is 23.3 Å². The molecule has 0 aliphatic rings. The van der Waals surface area contributed by atoms with Crippen molar-refractivity contribution in [2.24, 2.45) is 0 Å². The highest BCUT2D eigenvalue weighted by Crippen LogP contribution is 2.30. The summed E-state index contributed by atoms with van der Waals surface area (Å²) < 4.78 is 32.6. The molecule has 1 N–H and O–H groups in total. The molecule has 0 saturated heterocycles. The van der Waals surface area contributed by atoms with Crippen molar-refractivity contribution in [2.75, 3.05) is 11.8 Å². The van der Waals surface area contributed by atoms with E-state index in [4.69, 9.17) is 4.74 Å². The van der Waals surface area contributed by atoms with E-state index in [2.05, 4.69) is 4.72 Å². The number of benzene rings is 2. The van der Waals surface area contributed by atoms with Gasteiger partial charge < -0.3 is 4.74 Å². The molecule has 0 saturated carbocycles. The van der Waals surface area contributed by atoms with Crippen LogP contribution in [-0.2, 0) is 10.0 Å². The van der Waals surface area contributed by atoms with Crippen LogP contribution in [0.1, 0.15) is 16.7 Å². The summed E-state index contributed by atoms with van der Waals surface area (Å²) in [5, 5.41) is 9.18. The SMILES string of the molecule is COc1ccc(C#N)c(NS(=O)(=O)c2ccc(C)cc2)c1C. The molecule has 0 amide bonds. The van der Waals surface area contributed by atoms with Crippen LogP contribution < -0.4 is 9.46 Å². The average Bonchev–Trinajstić information content (AvgIpc) is 2.49. The van der Waals surface area contributed by atoms with Crippen LogP contribution in [-0.4, -0.2) is 15.5 Å². The fourth-order valence-electron chi connectivity index (χ4n) is 2.05. The minimum Gasteiger partial charge on any atom is -0.496 e. The van der Waals surface area contributed by atoms with Crippen LogP contribution in [0.15, 0.2) is 41.3 Å². The summed E-state index contributed by atoms with van der Waals surface area (Å²) in [6.45, 7) is 3.58. The lowest BCUT2D eigenvalue weighted by atomic mass is 10.1. The molecule has 114 valence electrons. The Hall–Kier alpha value is -2.52. The lowest BCUT2D eigenvalue weighted by Gasteiger charge is -2.14. The Labute approximate surface area is 130 Å². The third-order valence-corrected chi connectivity index (χ3v) is 4.69. The quantitative estimate of drug-likeness (QED) is 0.940. The van der Waals surface area contributed by atoms with Gasteiger partial charge in [-0.15, -0.1) is 0 Å². The van der Waals surface area contributed by atoms with Gasteiger partial charge >= 0.3 is 0 Å². The number of hydrogen-bond donors (Lipinski definition) is 1. The number of nitrogens with one attached hydrogen (secondary N) is 1. The van der Waals surface area contributed by atoms with E-state index in [0.29, 0.717) is 11.3 Å². The predicted octanol–water partition coefficient (Wildman–Crippen LogP) is 2.98. The molecule has 0 spiro atoms. The van der Waals surface area contributed by atoms with Crippen LogP contribution in [0.5, 0.6) is 5.75 Å². The largest absolute Gasteiger partial charge is 0.496 e. The zero-order valence-corrected chi connectivity index (χ0v) is 13.4. The lowest BCUT2D eigenvalue weighted by Crippen LogP contribution is -2.15. The molecule has 0 aliphatic heterocycles. The highest BCUT2D eigenvalue weighted by Gasteiger charge is 2.19. The second-order valence-electron chi connectivity index (χ2n) is 4.85. The molecule has 5 nitrogen and oxygen atoms in total. The summed E-state index contributed by atoms with van der Waals surface area (Å²) in [4.78, 5) is 0.143. The van der Waals surface area contributed by atoms with E-state index in [0.717, 1.165) is 5.56 Å². The Morgan fingerprint density at radius 3 is 2.27 bits per heavy atom. The van der Waals surface area contributed by atoms with Crippen molar-refractivity contribution in [3.8, 4) is 11.8 Å². The van der Waals surface area contributed by atoms with E-state index in [9.17, 15) is 13.7 Å². The smallest absolute Gasteiger partial charge is 0.261 e. The standard InChI is InChI=1S/C16H16N2O3S/c1-11-4-7-14(8-5-11)22(19,20)18-16-12(2)15(21-3)9-6-13(16)10-17/h4-9,18H,1-3H3. The van der Waals surface area contributed by atoms with E-state index in [-0.39, 0.29) is 16.1 Å². The van der Waals surface area contributed by atoms with Gasteiger partial charge in [-0.1, -0.05) is 17.7 Å². The molecule has 0 bridgehead atoms. The van der Waals surface area contributed by atoms with Crippen LogP contribution in [0, 0.1) is 25.2 Å². The highest BCUT2D eigenvalue weighted by molar-refractivity contribution is 7.92. The van der Waals surface area contributed by atoms with Gasteiger partial charge in [-0.3, -0.25) is 4.72 Å². The molecule has 0 fully saturated rings. The number of aryl methyl sites for hydroxylation is 1. The molecule has 0 heterocycles. The number of ether oxygens (including phenoxy) is 1. The Bertz CT molecular complexity index is 835. The van der Waals surface area contributed by atoms with Crippen molar-refractivity contribution >= 4 is 15.7 Å². The second kappa shape index (κ2) is 6.08. The fraction of sp³-hybridized carbons (Fsp3) is 0.188. The monoisotopic (exact) mass is 316 g/mol. The first-order valence-electron chi connectivity index (χ1n) is 6.56. The average molecular weight is 316 g/mol. The minimum absolute atomic E-state index is 0.143. The Balaban J connectivity index is 2.50. The van der Waals surface area contributed by atoms with Gasteiger partial charge in [0.15, 0.2) is 0 Å². The van der Waals surface area contributed by atoms with Crippen molar-refractivity contribution in [3.05, 3.63) is 53.1 Å². The first kappa shape index (κ1) is 15.9. The number of methoxy groups -OCH3 is 1. The van der Waals surface area contributed by atoms with E-state index in [1.165, 1.54) is 25.3 Å². The van der Waals surface area contributed by atoms with Crippen LogP contribution in [0.25, 0.3) is 0 Å². The number of sulfonamides is 1. The predicted molar refractivity (Wildman–Crippen MR) is 84.4 cm³/mol. The van der Waals surface area contributed by atoms with Gasteiger partial charge in [0.2, 0.25) is 0 Å². The lowest BCUT2D eigenvalue weighted by molar-refractivity contribution is 0.412. The maximum atomic E-state index is 12.5. The molecular weight excluding hydrogens is 300 g/mol. The zero-order valence-electron chi connectivity index (χ0n) is 12.5. The first-order chi connectivity index (χ1) is 10.4. The molecule has 6 heteroatoms. The zero-order chi connectivity index (χ0) is 16.3. The van der Waals surface area contributed by atoms with Crippen LogP contribution in [0.3, 0.4) is 0 Å². The molecule has 2 aromatic carbocycles. The molecule has 0 radical (unpaired) electrons. The van der Waals surface area contributed by atoms with E-state index >= 15 is 0 Å². The molecule has 2 rings (SSSR count). The molecule has 22 heavy (non-hydrogen) atoms. The van der Waals surface area contributed by atoms with Crippen molar-refractivity contribution < 1.29 is 13.2 Å². The number of nitrogens with zero attached hydrogens (tertiary/aromatic N) is 1. The highest BCUT2D eigenvalue weighted by atomic mass is 32.2. The normalized spacial score (nSPS) is 10.8. The van der Waals surface area contributed by atoms with Gasteiger partial charge in [0, 0.05) is 5.56 Å². The van der Waals surface area contributed by atoms with E-state index < -0.39 is 10.0 Å². The summed E-state index contributed by atoms with van der Waals surface area (Å²) in [6.07, 6.45) is 0. The number of anilines is 1.